The highest BCUT2D eigenvalue weighted by molar-refractivity contribution is 6.42. The predicted molar refractivity (Wildman–Crippen MR) is 110 cm³/mol. The van der Waals surface area contributed by atoms with E-state index in [1.807, 2.05) is 30.3 Å². The molecule has 0 aliphatic carbocycles. The fraction of sp³-hybridized carbons (Fsp3) is 0.273. The first-order valence-electron chi connectivity index (χ1n) is 9.10. The summed E-state index contributed by atoms with van der Waals surface area (Å²) in [6.07, 6.45) is 1.70. The van der Waals surface area contributed by atoms with Crippen molar-refractivity contribution >= 4 is 35.1 Å². The van der Waals surface area contributed by atoms with Gasteiger partial charge in [0, 0.05) is 18.0 Å². The largest absolute Gasteiger partial charge is 0.465 e. The third-order valence-electron chi connectivity index (χ3n) is 4.81. The van der Waals surface area contributed by atoms with E-state index in [2.05, 4.69) is 11.9 Å². The summed E-state index contributed by atoms with van der Waals surface area (Å²) >= 11 is 12.1. The number of carbonyl (C=O) groups excluding carboxylic acids is 2. The second-order valence-corrected chi connectivity index (χ2v) is 7.61. The van der Waals surface area contributed by atoms with Gasteiger partial charge in [-0.1, -0.05) is 66.2 Å². The number of amides is 1. The molecule has 1 N–H and O–H groups in total. The van der Waals surface area contributed by atoms with Crippen LogP contribution in [-0.2, 0) is 20.7 Å². The number of benzene rings is 2. The van der Waals surface area contributed by atoms with Gasteiger partial charge in [0.15, 0.2) is 0 Å². The van der Waals surface area contributed by atoms with E-state index in [4.69, 9.17) is 27.9 Å². The molecule has 0 bridgehead atoms. The fourth-order valence-electron chi connectivity index (χ4n) is 3.41. The van der Waals surface area contributed by atoms with Gasteiger partial charge in [-0.3, -0.25) is 9.59 Å². The first kappa shape index (κ1) is 20.4. The number of aryl methyl sites for hydroxylation is 1. The lowest BCUT2D eigenvalue weighted by atomic mass is 9.79. The number of carbonyl (C=O) groups is 2. The Balaban J connectivity index is 1.67. The zero-order chi connectivity index (χ0) is 20.1. The van der Waals surface area contributed by atoms with E-state index in [0.717, 1.165) is 18.4 Å². The van der Waals surface area contributed by atoms with Gasteiger partial charge in [-0.25, -0.2) is 0 Å². The minimum atomic E-state index is -0.660. The van der Waals surface area contributed by atoms with E-state index in [1.54, 1.807) is 18.2 Å². The monoisotopic (exact) mass is 417 g/mol. The van der Waals surface area contributed by atoms with Crippen LogP contribution >= 0.6 is 23.2 Å². The van der Waals surface area contributed by atoms with Gasteiger partial charge in [0.05, 0.1) is 16.7 Å². The molecule has 146 valence electrons. The molecule has 1 aliphatic heterocycles. The molecule has 2 atom stereocenters. The molecule has 0 spiro atoms. The number of nitrogens with one attached hydrogen (secondary N) is 1. The Labute approximate surface area is 174 Å². The molecule has 1 heterocycles. The average Bonchev–Trinajstić information content (AvgIpc) is 2.67. The van der Waals surface area contributed by atoms with E-state index in [9.17, 15) is 9.59 Å². The highest BCUT2D eigenvalue weighted by atomic mass is 35.5. The van der Waals surface area contributed by atoms with Gasteiger partial charge in [0.1, 0.15) is 5.92 Å². The highest BCUT2D eigenvalue weighted by Crippen LogP contribution is 2.38. The molecule has 3 rings (SSSR count). The summed E-state index contributed by atoms with van der Waals surface area (Å²) in [4.78, 5) is 24.8. The predicted octanol–water partition coefficient (Wildman–Crippen LogP) is 4.90. The lowest BCUT2D eigenvalue weighted by Gasteiger charge is -2.32. The van der Waals surface area contributed by atoms with E-state index in [0.29, 0.717) is 22.3 Å². The Morgan fingerprint density at radius 3 is 2.61 bits per heavy atom. The van der Waals surface area contributed by atoms with E-state index >= 15 is 0 Å². The summed E-state index contributed by atoms with van der Waals surface area (Å²) in [6, 6.07) is 15.2. The summed E-state index contributed by atoms with van der Waals surface area (Å²) in [5.74, 6) is -1.63. The molecule has 28 heavy (non-hydrogen) atoms. The first-order chi connectivity index (χ1) is 13.5. The SMILES string of the molecule is C=C1NC(=O)C[C@H](c2ccc(Cl)c(Cl)c2)[C@@H]1C(=O)OCCCc1ccccc1. The first-order valence-corrected chi connectivity index (χ1v) is 9.85. The number of hydrogen-bond donors (Lipinski definition) is 1. The van der Waals surface area contributed by atoms with Crippen molar-refractivity contribution in [2.24, 2.45) is 5.92 Å². The molecule has 6 heteroatoms. The van der Waals surface area contributed by atoms with Crippen LogP contribution in [0.4, 0.5) is 0 Å². The number of hydrogen-bond acceptors (Lipinski definition) is 3. The van der Waals surface area contributed by atoms with Gasteiger partial charge in [-0.05, 0) is 36.1 Å². The molecule has 0 saturated carbocycles. The van der Waals surface area contributed by atoms with Gasteiger partial charge in [0.25, 0.3) is 0 Å². The van der Waals surface area contributed by atoms with E-state index in [-0.39, 0.29) is 12.3 Å². The smallest absolute Gasteiger partial charge is 0.315 e. The summed E-state index contributed by atoms with van der Waals surface area (Å²) in [5.41, 5.74) is 2.30. The third-order valence-corrected chi connectivity index (χ3v) is 5.54. The second-order valence-electron chi connectivity index (χ2n) is 6.79. The van der Waals surface area contributed by atoms with Crippen molar-refractivity contribution in [3.8, 4) is 0 Å². The molecule has 1 saturated heterocycles. The normalized spacial score (nSPS) is 19.2. The molecular formula is C22H21Cl2NO3. The number of piperidine rings is 1. The van der Waals surface area contributed by atoms with Crippen molar-refractivity contribution in [1.29, 1.82) is 0 Å². The summed E-state index contributed by atoms with van der Waals surface area (Å²) in [5, 5.41) is 3.46. The maximum absolute atomic E-state index is 12.8. The minimum absolute atomic E-state index is 0.154. The molecule has 1 amide bonds. The summed E-state index contributed by atoms with van der Waals surface area (Å²) in [7, 11) is 0. The number of rotatable bonds is 6. The molecule has 0 aromatic heterocycles. The summed E-state index contributed by atoms with van der Waals surface area (Å²) in [6.45, 7) is 4.17. The van der Waals surface area contributed by atoms with Crippen LogP contribution in [0.15, 0.2) is 60.8 Å². The average molecular weight is 418 g/mol. The van der Waals surface area contributed by atoms with Crippen molar-refractivity contribution in [2.45, 2.75) is 25.2 Å². The van der Waals surface area contributed by atoms with Crippen LogP contribution in [0.1, 0.15) is 29.9 Å². The van der Waals surface area contributed by atoms with Crippen LogP contribution in [-0.4, -0.2) is 18.5 Å². The van der Waals surface area contributed by atoms with Gasteiger partial charge in [-0.2, -0.15) is 0 Å². The van der Waals surface area contributed by atoms with Crippen LogP contribution in [0.25, 0.3) is 0 Å². The van der Waals surface area contributed by atoms with Crippen molar-refractivity contribution in [1.82, 2.24) is 5.32 Å². The minimum Gasteiger partial charge on any atom is -0.465 e. The Morgan fingerprint density at radius 2 is 1.89 bits per heavy atom. The van der Waals surface area contributed by atoms with Crippen LogP contribution in [0.3, 0.4) is 0 Å². The van der Waals surface area contributed by atoms with Gasteiger partial charge < -0.3 is 10.1 Å². The van der Waals surface area contributed by atoms with Gasteiger partial charge in [-0.15, -0.1) is 0 Å². The van der Waals surface area contributed by atoms with Gasteiger partial charge in [0.2, 0.25) is 5.91 Å². The molecule has 1 fully saturated rings. The van der Waals surface area contributed by atoms with Crippen molar-refractivity contribution in [3.63, 3.8) is 0 Å². The topological polar surface area (TPSA) is 55.4 Å². The van der Waals surface area contributed by atoms with E-state index in [1.165, 1.54) is 5.56 Å². The third kappa shape index (κ3) is 4.94. The van der Waals surface area contributed by atoms with Crippen molar-refractivity contribution < 1.29 is 14.3 Å². The number of halogens is 2. The molecule has 0 radical (unpaired) electrons. The lowest BCUT2D eigenvalue weighted by molar-refractivity contribution is -0.149. The second kappa shape index (κ2) is 9.26. The molecule has 2 aromatic carbocycles. The highest BCUT2D eigenvalue weighted by Gasteiger charge is 2.39. The number of ether oxygens (including phenoxy) is 1. The molecule has 0 unspecified atom stereocenters. The Hall–Kier alpha value is -2.30. The van der Waals surface area contributed by atoms with Crippen LogP contribution in [0.5, 0.6) is 0 Å². The number of esters is 1. The Kier molecular flexibility index (Phi) is 6.76. The Morgan fingerprint density at radius 1 is 1.14 bits per heavy atom. The fourth-order valence-corrected chi connectivity index (χ4v) is 3.72. The van der Waals surface area contributed by atoms with Crippen LogP contribution in [0, 0.1) is 5.92 Å². The molecule has 2 aromatic rings. The standard InChI is InChI=1S/C22H21Cl2NO3/c1-14-21(22(27)28-11-5-8-15-6-3-2-4-7-15)17(13-20(26)25-14)16-9-10-18(23)19(24)12-16/h2-4,6-7,9-10,12,17,21H,1,5,8,11,13H2,(H,25,26)/t17-,21-/m1/s1. The quantitative estimate of drug-likeness (QED) is 0.536. The van der Waals surface area contributed by atoms with Gasteiger partial charge >= 0.3 is 5.97 Å². The van der Waals surface area contributed by atoms with Crippen molar-refractivity contribution in [3.05, 3.63) is 82.0 Å². The lowest BCUT2D eigenvalue weighted by Crippen LogP contribution is -2.41. The van der Waals surface area contributed by atoms with Crippen LogP contribution in [0.2, 0.25) is 10.0 Å². The maximum Gasteiger partial charge on any atom is 0.315 e. The van der Waals surface area contributed by atoms with Crippen molar-refractivity contribution in [2.75, 3.05) is 6.61 Å². The molecule has 4 nitrogen and oxygen atoms in total. The zero-order valence-corrected chi connectivity index (χ0v) is 16.8. The zero-order valence-electron chi connectivity index (χ0n) is 15.3. The maximum atomic E-state index is 12.8. The van der Waals surface area contributed by atoms with Crippen LogP contribution < -0.4 is 5.32 Å². The van der Waals surface area contributed by atoms with E-state index < -0.39 is 17.8 Å². The molecular weight excluding hydrogens is 397 g/mol. The Bertz CT molecular complexity index is 883. The molecule has 1 aliphatic rings. The summed E-state index contributed by atoms with van der Waals surface area (Å²) < 4.78 is 5.50.